The van der Waals surface area contributed by atoms with E-state index in [4.69, 9.17) is 21.1 Å². The minimum Gasteiger partial charge on any atom is -0.495 e. The number of amides is 2. The number of halogens is 1. The summed E-state index contributed by atoms with van der Waals surface area (Å²) in [5.41, 5.74) is 4.56. The number of esters is 1. The Morgan fingerprint density at radius 1 is 1.23 bits per heavy atom. The van der Waals surface area contributed by atoms with E-state index in [1.807, 2.05) is 6.07 Å². The van der Waals surface area contributed by atoms with Gasteiger partial charge in [-0.1, -0.05) is 29.8 Å². The van der Waals surface area contributed by atoms with Crippen LogP contribution in [0, 0.1) is 6.92 Å². The Balaban J connectivity index is 1.60. The largest absolute Gasteiger partial charge is 0.495 e. The van der Waals surface area contributed by atoms with Crippen molar-refractivity contribution in [2.24, 2.45) is 0 Å². The highest BCUT2D eigenvalue weighted by atomic mass is 35.5. The van der Waals surface area contributed by atoms with E-state index in [2.05, 4.69) is 10.7 Å². The number of hydrogen-bond acceptors (Lipinski definition) is 6. The third-order valence-electron chi connectivity index (χ3n) is 4.29. The molecule has 0 aliphatic carbocycles. The van der Waals surface area contributed by atoms with Crippen molar-refractivity contribution < 1.29 is 23.9 Å². The third kappa shape index (κ3) is 4.90. The number of nitrogens with zero attached hydrogens (tertiary/aromatic N) is 1. The summed E-state index contributed by atoms with van der Waals surface area (Å²) in [7, 11) is 1.46. The smallest absolute Gasteiger partial charge is 0.356 e. The molecule has 0 saturated heterocycles. The van der Waals surface area contributed by atoms with Crippen LogP contribution in [0.15, 0.2) is 54.2 Å². The van der Waals surface area contributed by atoms with Gasteiger partial charge in [0, 0.05) is 17.5 Å². The summed E-state index contributed by atoms with van der Waals surface area (Å²) >= 11 is 6.05. The number of nitrogens with one attached hydrogen (secondary N) is 2. The minimum atomic E-state index is -0.752. The normalized spacial score (nSPS) is 13.2. The molecular formula is C21H20ClN3O5. The van der Waals surface area contributed by atoms with E-state index in [0.717, 1.165) is 5.56 Å². The van der Waals surface area contributed by atoms with Crippen LogP contribution in [0.5, 0.6) is 5.75 Å². The summed E-state index contributed by atoms with van der Waals surface area (Å²) in [6.45, 7) is 1.28. The quantitative estimate of drug-likeness (QED) is 0.685. The number of ether oxygens (including phenoxy) is 2. The number of carbonyl (C=O) groups excluding carboxylic acids is 3. The second-order valence-corrected chi connectivity index (χ2v) is 6.83. The number of para-hydroxylation sites is 1. The zero-order valence-corrected chi connectivity index (χ0v) is 17.2. The van der Waals surface area contributed by atoms with Crippen LogP contribution in [0.3, 0.4) is 0 Å². The van der Waals surface area contributed by atoms with Crippen LogP contribution in [0.1, 0.15) is 12.0 Å². The van der Waals surface area contributed by atoms with E-state index in [1.54, 1.807) is 43.3 Å². The standard InChI is InChI=1S/C21H20ClN3O5/c1-13-10-17(18(29-2)11-15(13)22)23-19(26)12-30-21(28)16-8-9-20(27)25(24-16)14-6-4-3-5-7-14/h3-8,10-11,24H,9,12H2,1-2H3,(H,23,26). The molecular weight excluding hydrogens is 410 g/mol. The van der Waals surface area contributed by atoms with Gasteiger partial charge in [-0.05, 0) is 36.8 Å². The number of benzene rings is 2. The average Bonchev–Trinajstić information content (AvgIpc) is 2.75. The lowest BCUT2D eigenvalue weighted by Gasteiger charge is -2.28. The number of rotatable bonds is 6. The lowest BCUT2D eigenvalue weighted by molar-refractivity contribution is -0.143. The van der Waals surface area contributed by atoms with E-state index in [9.17, 15) is 14.4 Å². The summed E-state index contributed by atoms with van der Waals surface area (Å²) in [6.07, 6.45) is 1.45. The van der Waals surface area contributed by atoms with E-state index in [1.165, 1.54) is 18.2 Å². The summed E-state index contributed by atoms with van der Waals surface area (Å²) in [4.78, 5) is 36.7. The van der Waals surface area contributed by atoms with Crippen LogP contribution in [0.4, 0.5) is 11.4 Å². The molecule has 0 radical (unpaired) electrons. The fourth-order valence-corrected chi connectivity index (χ4v) is 2.90. The van der Waals surface area contributed by atoms with Crippen molar-refractivity contribution in [3.63, 3.8) is 0 Å². The zero-order valence-electron chi connectivity index (χ0n) is 16.4. The Labute approximate surface area is 178 Å². The number of hydrogen-bond donors (Lipinski definition) is 2. The van der Waals surface area contributed by atoms with Crippen LogP contribution in [0.25, 0.3) is 0 Å². The maximum absolute atomic E-state index is 12.3. The molecule has 0 atom stereocenters. The van der Waals surface area contributed by atoms with Gasteiger partial charge in [-0.2, -0.15) is 0 Å². The molecule has 1 aliphatic rings. The van der Waals surface area contributed by atoms with E-state index >= 15 is 0 Å². The Bertz CT molecular complexity index is 1010. The molecule has 3 rings (SSSR count). The van der Waals surface area contributed by atoms with Crippen molar-refractivity contribution in [2.75, 3.05) is 24.0 Å². The second kappa shape index (κ2) is 9.32. The van der Waals surface area contributed by atoms with Crippen molar-refractivity contribution in [3.8, 4) is 5.75 Å². The topological polar surface area (TPSA) is 97.0 Å². The lowest BCUT2D eigenvalue weighted by atomic mass is 10.2. The van der Waals surface area contributed by atoms with Crippen molar-refractivity contribution in [1.29, 1.82) is 0 Å². The van der Waals surface area contributed by atoms with Gasteiger partial charge in [0.2, 0.25) is 5.91 Å². The first-order valence-corrected chi connectivity index (χ1v) is 9.42. The van der Waals surface area contributed by atoms with Gasteiger partial charge in [-0.25, -0.2) is 9.80 Å². The molecule has 0 saturated carbocycles. The molecule has 0 fully saturated rings. The Hall–Kier alpha value is -3.52. The Kier molecular flexibility index (Phi) is 6.58. The lowest BCUT2D eigenvalue weighted by Crippen LogP contribution is -2.47. The fourth-order valence-electron chi connectivity index (χ4n) is 2.75. The molecule has 2 amide bonds. The monoisotopic (exact) mass is 429 g/mol. The Morgan fingerprint density at radius 2 is 1.97 bits per heavy atom. The maximum atomic E-state index is 12.3. The summed E-state index contributed by atoms with van der Waals surface area (Å²) in [5.74, 6) is -1.13. The highest BCUT2D eigenvalue weighted by Gasteiger charge is 2.25. The van der Waals surface area contributed by atoms with Gasteiger partial charge in [0.15, 0.2) is 6.61 Å². The first kappa shape index (κ1) is 21.2. The molecule has 156 valence electrons. The SMILES string of the molecule is COc1cc(Cl)c(C)cc1NC(=O)COC(=O)C1=CCC(=O)N(c2ccccc2)N1. The molecule has 8 nitrogen and oxygen atoms in total. The number of hydrazine groups is 1. The summed E-state index contributed by atoms with van der Waals surface area (Å²) in [5, 5.41) is 4.39. The molecule has 2 N–H and O–H groups in total. The van der Waals surface area contributed by atoms with Crippen molar-refractivity contribution >= 4 is 40.8 Å². The molecule has 0 spiro atoms. The molecule has 1 aliphatic heterocycles. The van der Waals surface area contributed by atoms with E-state index < -0.39 is 18.5 Å². The average molecular weight is 430 g/mol. The summed E-state index contributed by atoms with van der Waals surface area (Å²) < 4.78 is 10.3. The molecule has 2 aromatic carbocycles. The van der Waals surface area contributed by atoms with Gasteiger partial charge in [0.05, 0.1) is 18.5 Å². The van der Waals surface area contributed by atoms with Crippen LogP contribution in [-0.4, -0.2) is 31.5 Å². The molecule has 1 heterocycles. The van der Waals surface area contributed by atoms with Crippen molar-refractivity contribution in [3.05, 3.63) is 64.8 Å². The van der Waals surface area contributed by atoms with Crippen LogP contribution in [0.2, 0.25) is 5.02 Å². The number of aryl methyl sites for hydroxylation is 1. The minimum absolute atomic E-state index is 0.0276. The molecule has 9 heteroatoms. The summed E-state index contributed by atoms with van der Waals surface area (Å²) in [6, 6.07) is 12.1. The Morgan fingerprint density at radius 3 is 2.67 bits per heavy atom. The predicted octanol–water partition coefficient (Wildman–Crippen LogP) is 2.96. The van der Waals surface area contributed by atoms with Crippen LogP contribution < -0.4 is 20.5 Å². The van der Waals surface area contributed by atoms with E-state index in [0.29, 0.717) is 22.1 Å². The first-order chi connectivity index (χ1) is 14.4. The third-order valence-corrected chi connectivity index (χ3v) is 4.69. The number of anilines is 2. The van der Waals surface area contributed by atoms with Gasteiger partial charge >= 0.3 is 5.97 Å². The molecule has 0 aromatic heterocycles. The molecule has 30 heavy (non-hydrogen) atoms. The van der Waals surface area contributed by atoms with Crippen molar-refractivity contribution in [1.82, 2.24) is 5.43 Å². The molecule has 2 aromatic rings. The van der Waals surface area contributed by atoms with Gasteiger partial charge in [-0.3, -0.25) is 15.0 Å². The molecule has 0 unspecified atom stereocenters. The van der Waals surface area contributed by atoms with E-state index in [-0.39, 0.29) is 18.0 Å². The number of carbonyl (C=O) groups is 3. The second-order valence-electron chi connectivity index (χ2n) is 6.42. The predicted molar refractivity (Wildman–Crippen MR) is 112 cm³/mol. The first-order valence-electron chi connectivity index (χ1n) is 9.05. The highest BCUT2D eigenvalue weighted by Crippen LogP contribution is 2.30. The fraction of sp³-hybridized carbons (Fsp3) is 0.190. The van der Waals surface area contributed by atoms with Crippen LogP contribution >= 0.6 is 11.6 Å². The highest BCUT2D eigenvalue weighted by molar-refractivity contribution is 6.31. The maximum Gasteiger partial charge on any atom is 0.356 e. The van der Waals surface area contributed by atoms with Gasteiger partial charge in [0.25, 0.3) is 5.91 Å². The van der Waals surface area contributed by atoms with Crippen LogP contribution in [-0.2, 0) is 19.1 Å². The molecule has 0 bridgehead atoms. The zero-order chi connectivity index (χ0) is 21.7. The number of methoxy groups -OCH3 is 1. The van der Waals surface area contributed by atoms with Gasteiger partial charge in [-0.15, -0.1) is 0 Å². The van der Waals surface area contributed by atoms with Gasteiger partial charge in [0.1, 0.15) is 11.4 Å². The van der Waals surface area contributed by atoms with Crippen molar-refractivity contribution in [2.45, 2.75) is 13.3 Å². The van der Waals surface area contributed by atoms with Gasteiger partial charge < -0.3 is 14.8 Å².